The van der Waals surface area contributed by atoms with Crippen LogP contribution in [0.4, 0.5) is 10.1 Å². The van der Waals surface area contributed by atoms with Crippen molar-refractivity contribution in [3.8, 4) is 0 Å². The fourth-order valence-electron chi connectivity index (χ4n) is 2.75. The van der Waals surface area contributed by atoms with E-state index in [0.717, 1.165) is 24.9 Å². The van der Waals surface area contributed by atoms with E-state index in [1.54, 1.807) is 12.1 Å². The van der Waals surface area contributed by atoms with Crippen LogP contribution in [0.3, 0.4) is 0 Å². The molecule has 0 atom stereocenters. The number of benzene rings is 1. The Labute approximate surface area is 125 Å². The van der Waals surface area contributed by atoms with Gasteiger partial charge >= 0.3 is 0 Å². The van der Waals surface area contributed by atoms with Crippen LogP contribution in [0.2, 0.25) is 0 Å². The van der Waals surface area contributed by atoms with E-state index in [1.807, 2.05) is 4.90 Å². The van der Waals surface area contributed by atoms with Crippen molar-refractivity contribution in [2.24, 2.45) is 5.73 Å². The van der Waals surface area contributed by atoms with Gasteiger partial charge in [0.15, 0.2) is 0 Å². The molecule has 1 fully saturated rings. The Kier molecular flexibility index (Phi) is 5.99. The summed E-state index contributed by atoms with van der Waals surface area (Å²) in [7, 11) is 0. The highest BCUT2D eigenvalue weighted by Gasteiger charge is 2.18. The molecular weight excluding hydrogens is 269 g/mol. The zero-order chi connectivity index (χ0) is 15.1. The molecule has 116 valence electrons. The van der Waals surface area contributed by atoms with Crippen molar-refractivity contribution in [2.75, 3.05) is 24.5 Å². The number of rotatable bonds is 7. The van der Waals surface area contributed by atoms with Gasteiger partial charge in [0.05, 0.1) is 6.54 Å². The molecule has 3 N–H and O–H groups in total. The van der Waals surface area contributed by atoms with Gasteiger partial charge in [0.1, 0.15) is 5.82 Å². The topological polar surface area (TPSA) is 58.4 Å². The van der Waals surface area contributed by atoms with Gasteiger partial charge in [-0.05, 0) is 50.1 Å². The van der Waals surface area contributed by atoms with E-state index in [1.165, 1.54) is 25.0 Å². The lowest BCUT2D eigenvalue weighted by Gasteiger charge is -2.25. The van der Waals surface area contributed by atoms with Crippen molar-refractivity contribution >= 4 is 11.6 Å². The Morgan fingerprint density at radius 2 is 1.95 bits per heavy atom. The van der Waals surface area contributed by atoms with Crippen LogP contribution >= 0.6 is 0 Å². The molecule has 2 rings (SSSR count). The van der Waals surface area contributed by atoms with Crippen LogP contribution in [-0.4, -0.2) is 31.6 Å². The fourth-order valence-corrected chi connectivity index (χ4v) is 2.75. The van der Waals surface area contributed by atoms with Crippen LogP contribution in [0, 0.1) is 5.82 Å². The largest absolute Gasteiger partial charge is 0.362 e. The third-order valence-electron chi connectivity index (χ3n) is 3.88. The van der Waals surface area contributed by atoms with Gasteiger partial charge in [-0.3, -0.25) is 4.79 Å². The van der Waals surface area contributed by atoms with Crippen molar-refractivity contribution in [1.29, 1.82) is 0 Å². The number of hydrogen-bond donors (Lipinski definition) is 2. The number of carbonyl (C=O) groups excluding carboxylic acids is 1. The summed E-state index contributed by atoms with van der Waals surface area (Å²) >= 11 is 0. The molecule has 4 nitrogen and oxygen atoms in total. The molecule has 0 heterocycles. The Bertz CT molecular complexity index is 443. The predicted octanol–water partition coefficient (Wildman–Crippen LogP) is 2.04. The lowest BCUT2D eigenvalue weighted by Crippen LogP contribution is -2.42. The van der Waals surface area contributed by atoms with Gasteiger partial charge in [-0.2, -0.15) is 0 Å². The molecule has 1 aromatic carbocycles. The molecule has 0 aromatic heterocycles. The van der Waals surface area contributed by atoms with E-state index in [-0.39, 0.29) is 11.7 Å². The van der Waals surface area contributed by atoms with Gasteiger partial charge in [0.25, 0.3) is 0 Å². The first-order valence-corrected chi connectivity index (χ1v) is 7.69. The van der Waals surface area contributed by atoms with Gasteiger partial charge in [-0.25, -0.2) is 4.39 Å². The first-order valence-electron chi connectivity index (χ1n) is 7.69. The summed E-state index contributed by atoms with van der Waals surface area (Å²) in [5.74, 6) is -0.240. The third-order valence-corrected chi connectivity index (χ3v) is 3.88. The minimum atomic E-state index is -0.270. The molecular formula is C16H24FN3O. The van der Waals surface area contributed by atoms with E-state index in [9.17, 15) is 9.18 Å². The second-order valence-electron chi connectivity index (χ2n) is 5.59. The summed E-state index contributed by atoms with van der Waals surface area (Å²) in [5.41, 5.74) is 6.41. The van der Waals surface area contributed by atoms with Crippen LogP contribution in [0.1, 0.15) is 32.1 Å². The quantitative estimate of drug-likeness (QED) is 0.809. The monoisotopic (exact) mass is 293 g/mol. The van der Waals surface area contributed by atoms with Crippen molar-refractivity contribution in [2.45, 2.75) is 38.1 Å². The average molecular weight is 293 g/mol. The maximum Gasteiger partial charge on any atom is 0.239 e. The molecule has 0 bridgehead atoms. The number of nitrogens with one attached hydrogen (secondary N) is 1. The summed E-state index contributed by atoms with van der Waals surface area (Å²) in [4.78, 5) is 14.1. The second kappa shape index (κ2) is 7.98. The molecule has 0 spiro atoms. The molecule has 1 aliphatic carbocycles. The van der Waals surface area contributed by atoms with Crippen LogP contribution in [0.25, 0.3) is 0 Å². The zero-order valence-electron chi connectivity index (χ0n) is 12.4. The lowest BCUT2D eigenvalue weighted by molar-refractivity contribution is -0.120. The lowest BCUT2D eigenvalue weighted by atomic mass is 10.2. The van der Waals surface area contributed by atoms with Gasteiger partial charge in [-0.1, -0.05) is 12.8 Å². The van der Waals surface area contributed by atoms with Crippen LogP contribution in [0.15, 0.2) is 24.3 Å². The first kappa shape index (κ1) is 15.8. The highest BCUT2D eigenvalue weighted by molar-refractivity contribution is 5.81. The summed E-state index contributed by atoms with van der Waals surface area (Å²) in [5, 5.41) is 3.08. The minimum absolute atomic E-state index is 0.0308. The smallest absolute Gasteiger partial charge is 0.239 e. The SMILES string of the molecule is NCCCN(CC(=O)NC1CCCC1)c1ccc(F)cc1. The van der Waals surface area contributed by atoms with Crippen molar-refractivity contribution in [1.82, 2.24) is 5.32 Å². The Hall–Kier alpha value is -1.62. The number of carbonyl (C=O) groups is 1. The molecule has 21 heavy (non-hydrogen) atoms. The van der Waals surface area contributed by atoms with Gasteiger partial charge < -0.3 is 16.0 Å². The second-order valence-corrected chi connectivity index (χ2v) is 5.59. The molecule has 0 unspecified atom stereocenters. The normalized spacial score (nSPS) is 15.1. The van der Waals surface area contributed by atoms with Gasteiger partial charge in [-0.15, -0.1) is 0 Å². The maximum atomic E-state index is 13.0. The van der Waals surface area contributed by atoms with Gasteiger partial charge in [0.2, 0.25) is 5.91 Å². The molecule has 1 saturated carbocycles. The van der Waals surface area contributed by atoms with E-state index >= 15 is 0 Å². The number of hydrogen-bond acceptors (Lipinski definition) is 3. The summed E-state index contributed by atoms with van der Waals surface area (Å²) in [6, 6.07) is 6.56. The van der Waals surface area contributed by atoms with Crippen LogP contribution in [-0.2, 0) is 4.79 Å². The van der Waals surface area contributed by atoms with Crippen molar-refractivity contribution in [3.05, 3.63) is 30.1 Å². The summed E-state index contributed by atoms with van der Waals surface area (Å²) in [6.45, 7) is 1.56. The Morgan fingerprint density at radius 1 is 1.29 bits per heavy atom. The first-order chi connectivity index (χ1) is 10.2. The predicted molar refractivity (Wildman–Crippen MR) is 82.7 cm³/mol. The molecule has 5 heteroatoms. The van der Waals surface area contributed by atoms with Crippen molar-refractivity contribution < 1.29 is 9.18 Å². The number of amides is 1. The number of halogens is 1. The summed E-state index contributed by atoms with van der Waals surface area (Å²) < 4.78 is 13.0. The molecule has 1 aromatic rings. The van der Waals surface area contributed by atoms with E-state index in [0.29, 0.717) is 25.7 Å². The van der Waals surface area contributed by atoms with Crippen LogP contribution in [0.5, 0.6) is 0 Å². The maximum absolute atomic E-state index is 13.0. The third kappa shape index (κ3) is 5.01. The molecule has 1 amide bonds. The van der Waals surface area contributed by atoms with E-state index in [4.69, 9.17) is 5.73 Å². The number of nitrogens with two attached hydrogens (primary N) is 1. The Balaban J connectivity index is 1.94. The number of nitrogens with zero attached hydrogens (tertiary/aromatic N) is 1. The highest BCUT2D eigenvalue weighted by atomic mass is 19.1. The van der Waals surface area contributed by atoms with Crippen molar-refractivity contribution in [3.63, 3.8) is 0 Å². The Morgan fingerprint density at radius 3 is 2.57 bits per heavy atom. The zero-order valence-corrected chi connectivity index (χ0v) is 12.4. The van der Waals surface area contributed by atoms with E-state index in [2.05, 4.69) is 5.32 Å². The highest BCUT2D eigenvalue weighted by Crippen LogP contribution is 2.18. The average Bonchev–Trinajstić information content (AvgIpc) is 2.97. The standard InChI is InChI=1S/C16H24FN3O/c17-13-6-8-15(9-7-13)20(11-3-10-18)12-16(21)19-14-4-1-2-5-14/h6-9,14H,1-5,10-12,18H2,(H,19,21). The molecule has 0 radical (unpaired) electrons. The summed E-state index contributed by atoms with van der Waals surface area (Å²) in [6.07, 6.45) is 5.34. The minimum Gasteiger partial charge on any atom is -0.362 e. The number of anilines is 1. The molecule has 1 aliphatic rings. The molecule has 0 aliphatic heterocycles. The fraction of sp³-hybridized carbons (Fsp3) is 0.562. The molecule has 0 saturated heterocycles. The van der Waals surface area contributed by atoms with E-state index < -0.39 is 0 Å². The van der Waals surface area contributed by atoms with Gasteiger partial charge in [0, 0.05) is 18.3 Å². The van der Waals surface area contributed by atoms with Crippen LogP contribution < -0.4 is 16.0 Å².